The van der Waals surface area contributed by atoms with Crippen LogP contribution in [0, 0.1) is 5.41 Å². The number of hydrogen-bond acceptors (Lipinski definition) is 4. The molecule has 3 aliphatic heterocycles. The molecule has 1 aromatic heterocycles. The van der Waals surface area contributed by atoms with Crippen LogP contribution in [0.25, 0.3) is 10.9 Å². The van der Waals surface area contributed by atoms with E-state index in [2.05, 4.69) is 20.4 Å². The van der Waals surface area contributed by atoms with Crippen LogP contribution < -0.4 is 5.32 Å². The molecule has 0 aliphatic carbocycles. The lowest BCUT2D eigenvalue weighted by molar-refractivity contribution is 0.0264. The fourth-order valence-corrected chi connectivity index (χ4v) is 4.05. The zero-order valence-electron chi connectivity index (χ0n) is 13.1. The predicted molar refractivity (Wildman–Crippen MR) is 87.5 cm³/mol. The Morgan fingerprint density at radius 1 is 1.30 bits per heavy atom. The first-order valence-electron chi connectivity index (χ1n) is 8.29. The summed E-state index contributed by atoms with van der Waals surface area (Å²) in [4.78, 5) is 14.0. The third kappa shape index (κ3) is 2.62. The first-order valence-corrected chi connectivity index (χ1v) is 8.29. The number of H-pyrrole nitrogens is 1. The molecule has 23 heavy (non-hydrogen) atoms. The summed E-state index contributed by atoms with van der Waals surface area (Å²) in [5.41, 5.74) is 2.32. The smallest absolute Gasteiger partial charge is 0.336 e. The molecule has 3 aliphatic rings. The third-order valence-corrected chi connectivity index (χ3v) is 5.56. The minimum atomic E-state index is -0.906. The number of aromatic carboxylic acids is 1. The average molecular weight is 314 g/mol. The molecule has 6 heteroatoms. The predicted octanol–water partition coefficient (Wildman–Crippen LogP) is 1.84. The van der Waals surface area contributed by atoms with Crippen molar-refractivity contribution in [1.29, 1.82) is 0 Å². The molecular formula is C17H22N4O2. The van der Waals surface area contributed by atoms with Gasteiger partial charge in [-0.25, -0.2) is 4.79 Å². The molecule has 4 heterocycles. The highest BCUT2D eigenvalue weighted by atomic mass is 16.4. The van der Waals surface area contributed by atoms with E-state index in [1.165, 1.54) is 38.9 Å². The largest absolute Gasteiger partial charge is 0.478 e. The number of nitrogens with one attached hydrogen (secondary N) is 2. The van der Waals surface area contributed by atoms with Gasteiger partial charge in [0.25, 0.3) is 0 Å². The summed E-state index contributed by atoms with van der Waals surface area (Å²) < 4.78 is 0. The lowest BCUT2D eigenvalue weighted by Gasteiger charge is -2.48. The SMILES string of the molecule is O=C(O)c1cccc2n[nH]c(CNCC34CCN(CC3)CC4)c12. The van der Waals surface area contributed by atoms with Gasteiger partial charge in [-0.05, 0) is 56.4 Å². The second-order valence-corrected chi connectivity index (χ2v) is 6.90. The number of rotatable bonds is 5. The second kappa shape index (κ2) is 5.62. The highest BCUT2D eigenvalue weighted by Crippen LogP contribution is 2.39. The van der Waals surface area contributed by atoms with Crippen LogP contribution in [-0.4, -0.2) is 52.4 Å². The molecule has 0 atom stereocenters. The number of piperidine rings is 3. The first-order chi connectivity index (χ1) is 11.2. The molecule has 2 bridgehead atoms. The molecule has 3 fully saturated rings. The minimum Gasteiger partial charge on any atom is -0.478 e. The third-order valence-electron chi connectivity index (χ3n) is 5.56. The summed E-state index contributed by atoms with van der Waals surface area (Å²) in [7, 11) is 0. The molecule has 3 N–H and O–H groups in total. The van der Waals surface area contributed by atoms with Crippen LogP contribution in [0.4, 0.5) is 0 Å². The first kappa shape index (κ1) is 14.7. The van der Waals surface area contributed by atoms with Crippen LogP contribution in [0.2, 0.25) is 0 Å². The van der Waals surface area contributed by atoms with Gasteiger partial charge in [-0.15, -0.1) is 0 Å². The maximum atomic E-state index is 11.4. The summed E-state index contributed by atoms with van der Waals surface area (Å²) >= 11 is 0. The highest BCUT2D eigenvalue weighted by molar-refractivity contribution is 6.03. The minimum absolute atomic E-state index is 0.317. The summed E-state index contributed by atoms with van der Waals surface area (Å²) in [5, 5.41) is 20.9. The number of hydrogen-bond donors (Lipinski definition) is 3. The summed E-state index contributed by atoms with van der Waals surface area (Å²) in [6.45, 7) is 5.29. The van der Waals surface area contributed by atoms with E-state index in [0.717, 1.165) is 17.6 Å². The van der Waals surface area contributed by atoms with E-state index in [4.69, 9.17) is 0 Å². The Balaban J connectivity index is 1.49. The van der Waals surface area contributed by atoms with Crippen LogP contribution in [0.5, 0.6) is 0 Å². The van der Waals surface area contributed by atoms with E-state index in [1.807, 2.05) is 6.07 Å². The molecular weight excluding hydrogens is 292 g/mol. The van der Waals surface area contributed by atoms with Crippen molar-refractivity contribution in [3.8, 4) is 0 Å². The molecule has 1 aromatic carbocycles. The number of benzene rings is 1. The van der Waals surface area contributed by atoms with Gasteiger partial charge >= 0.3 is 5.97 Å². The molecule has 5 rings (SSSR count). The maximum Gasteiger partial charge on any atom is 0.336 e. The van der Waals surface area contributed by atoms with Crippen molar-refractivity contribution in [3.05, 3.63) is 29.5 Å². The summed E-state index contributed by atoms with van der Waals surface area (Å²) in [6.07, 6.45) is 3.80. The fraction of sp³-hybridized carbons (Fsp3) is 0.529. The Labute approximate surface area is 134 Å². The van der Waals surface area contributed by atoms with E-state index in [0.29, 0.717) is 23.0 Å². The highest BCUT2D eigenvalue weighted by Gasteiger charge is 2.38. The van der Waals surface area contributed by atoms with Gasteiger partial charge in [0.1, 0.15) is 0 Å². The number of fused-ring (bicyclic) bond motifs is 4. The van der Waals surface area contributed by atoms with Crippen molar-refractivity contribution in [2.45, 2.75) is 25.8 Å². The van der Waals surface area contributed by atoms with Gasteiger partial charge in [0.05, 0.1) is 16.8 Å². The molecule has 6 nitrogen and oxygen atoms in total. The van der Waals surface area contributed by atoms with Crippen molar-refractivity contribution in [2.24, 2.45) is 5.41 Å². The van der Waals surface area contributed by atoms with Crippen molar-refractivity contribution < 1.29 is 9.90 Å². The Bertz CT molecular complexity index is 717. The number of aromatic amines is 1. The number of aromatic nitrogens is 2. The normalized spacial score (nSPS) is 26.7. The number of nitrogens with zero attached hydrogens (tertiary/aromatic N) is 2. The van der Waals surface area contributed by atoms with Gasteiger partial charge in [0.15, 0.2) is 0 Å². The Kier molecular flexibility index (Phi) is 3.58. The van der Waals surface area contributed by atoms with E-state index in [-0.39, 0.29) is 0 Å². The van der Waals surface area contributed by atoms with Crippen molar-refractivity contribution in [3.63, 3.8) is 0 Å². The number of carboxylic acids is 1. The van der Waals surface area contributed by atoms with Gasteiger partial charge in [0.2, 0.25) is 0 Å². The molecule has 0 saturated carbocycles. The van der Waals surface area contributed by atoms with E-state index >= 15 is 0 Å². The van der Waals surface area contributed by atoms with E-state index in [9.17, 15) is 9.90 Å². The van der Waals surface area contributed by atoms with Gasteiger partial charge < -0.3 is 15.3 Å². The number of carbonyl (C=O) groups is 1. The van der Waals surface area contributed by atoms with Crippen LogP contribution in [0.15, 0.2) is 18.2 Å². The van der Waals surface area contributed by atoms with Crippen LogP contribution in [0.1, 0.15) is 35.3 Å². The molecule has 3 saturated heterocycles. The zero-order chi connectivity index (χ0) is 15.9. The fourth-order valence-electron chi connectivity index (χ4n) is 4.05. The quantitative estimate of drug-likeness (QED) is 0.784. The van der Waals surface area contributed by atoms with Crippen molar-refractivity contribution in [2.75, 3.05) is 26.2 Å². The molecule has 2 aromatic rings. The standard InChI is InChI=1S/C17H22N4O2/c22-16(23)12-2-1-3-13-15(12)14(20-19-13)10-18-11-17-4-7-21(8-5-17)9-6-17/h1-3,18H,4-11H2,(H,19,20)(H,22,23). The Morgan fingerprint density at radius 3 is 2.74 bits per heavy atom. The molecule has 0 spiro atoms. The van der Waals surface area contributed by atoms with Crippen LogP contribution in [-0.2, 0) is 6.54 Å². The average Bonchev–Trinajstić information content (AvgIpc) is 2.99. The lowest BCUT2D eigenvalue weighted by Crippen LogP contribution is -2.52. The molecule has 0 amide bonds. The second-order valence-electron chi connectivity index (χ2n) is 6.90. The Hall–Kier alpha value is -1.92. The van der Waals surface area contributed by atoms with Gasteiger partial charge in [0, 0.05) is 18.5 Å². The van der Waals surface area contributed by atoms with Crippen molar-refractivity contribution >= 4 is 16.9 Å². The van der Waals surface area contributed by atoms with Gasteiger partial charge in [-0.1, -0.05) is 6.07 Å². The van der Waals surface area contributed by atoms with Crippen molar-refractivity contribution in [1.82, 2.24) is 20.4 Å². The van der Waals surface area contributed by atoms with Gasteiger partial charge in [-0.2, -0.15) is 5.10 Å². The monoisotopic (exact) mass is 314 g/mol. The number of carboxylic acid groups (broad SMARTS) is 1. The molecule has 122 valence electrons. The molecule has 0 radical (unpaired) electrons. The van der Waals surface area contributed by atoms with Gasteiger partial charge in [-0.3, -0.25) is 5.10 Å². The van der Waals surface area contributed by atoms with Crippen LogP contribution >= 0.6 is 0 Å². The van der Waals surface area contributed by atoms with E-state index in [1.54, 1.807) is 12.1 Å². The van der Waals surface area contributed by atoms with E-state index < -0.39 is 5.97 Å². The Morgan fingerprint density at radius 2 is 2.04 bits per heavy atom. The summed E-state index contributed by atoms with van der Waals surface area (Å²) in [5.74, 6) is -0.906. The maximum absolute atomic E-state index is 11.4. The topological polar surface area (TPSA) is 81.2 Å². The lowest BCUT2D eigenvalue weighted by atomic mass is 9.72. The molecule has 0 unspecified atom stereocenters. The van der Waals surface area contributed by atoms with Crippen LogP contribution in [0.3, 0.4) is 0 Å². The zero-order valence-corrected chi connectivity index (χ0v) is 13.1. The summed E-state index contributed by atoms with van der Waals surface area (Å²) in [6, 6.07) is 5.22.